The summed E-state index contributed by atoms with van der Waals surface area (Å²) in [6.07, 6.45) is 4.81. The number of aliphatic hydroxyl groups excluding tert-OH is 1. The molecule has 0 amide bonds. The third kappa shape index (κ3) is 3.11. The van der Waals surface area contributed by atoms with Crippen LogP contribution in [0.1, 0.15) is 18.6 Å². The number of pyridine rings is 1. The second kappa shape index (κ2) is 6.05. The van der Waals surface area contributed by atoms with E-state index in [0.717, 1.165) is 43.5 Å². The summed E-state index contributed by atoms with van der Waals surface area (Å²) in [6, 6.07) is 5.73. The molecule has 21 heavy (non-hydrogen) atoms. The van der Waals surface area contributed by atoms with Crippen molar-refractivity contribution < 1.29 is 5.11 Å². The first-order chi connectivity index (χ1) is 10.2. The predicted molar refractivity (Wildman–Crippen MR) is 81.3 cm³/mol. The number of anilines is 2. The Labute approximate surface area is 124 Å². The highest BCUT2D eigenvalue weighted by Crippen LogP contribution is 2.18. The molecule has 2 aromatic heterocycles. The number of rotatable bonds is 3. The molecule has 6 heteroatoms. The van der Waals surface area contributed by atoms with Crippen LogP contribution in [0.2, 0.25) is 0 Å². The molecule has 0 saturated carbocycles. The highest BCUT2D eigenvalue weighted by Gasteiger charge is 2.19. The molecule has 1 fully saturated rings. The summed E-state index contributed by atoms with van der Waals surface area (Å²) in [6.45, 7) is 5.28. The minimum atomic E-state index is -0.473. The minimum Gasteiger partial charge on any atom is -0.389 e. The van der Waals surface area contributed by atoms with Crippen LogP contribution in [-0.4, -0.2) is 46.2 Å². The number of hydrogen-bond acceptors (Lipinski definition) is 6. The summed E-state index contributed by atoms with van der Waals surface area (Å²) < 4.78 is 0. The van der Waals surface area contributed by atoms with Crippen LogP contribution in [0.25, 0.3) is 0 Å². The van der Waals surface area contributed by atoms with Gasteiger partial charge in [-0.2, -0.15) is 0 Å². The Morgan fingerprint density at radius 3 is 2.24 bits per heavy atom. The smallest absolute Gasteiger partial charge is 0.225 e. The van der Waals surface area contributed by atoms with Crippen LogP contribution in [-0.2, 0) is 0 Å². The minimum absolute atomic E-state index is 0.473. The van der Waals surface area contributed by atoms with Crippen molar-refractivity contribution in [1.82, 2.24) is 15.0 Å². The fraction of sp³-hybridized carbons (Fsp3) is 0.400. The average molecular weight is 285 g/mol. The number of nitrogens with zero attached hydrogens (tertiary/aromatic N) is 5. The van der Waals surface area contributed by atoms with E-state index < -0.39 is 6.10 Å². The molecule has 0 spiro atoms. The van der Waals surface area contributed by atoms with Gasteiger partial charge in [0.15, 0.2) is 0 Å². The molecule has 6 nitrogen and oxygen atoms in total. The van der Waals surface area contributed by atoms with E-state index in [1.54, 1.807) is 25.5 Å². The van der Waals surface area contributed by atoms with E-state index in [9.17, 15) is 5.11 Å². The van der Waals surface area contributed by atoms with Crippen LogP contribution in [0.15, 0.2) is 36.8 Å². The molecule has 1 N–H and O–H groups in total. The Morgan fingerprint density at radius 2 is 1.67 bits per heavy atom. The molecular weight excluding hydrogens is 266 g/mol. The quantitative estimate of drug-likeness (QED) is 0.915. The molecular formula is C15H19N5O. The summed E-state index contributed by atoms with van der Waals surface area (Å²) in [7, 11) is 0. The maximum atomic E-state index is 9.51. The van der Waals surface area contributed by atoms with Gasteiger partial charge in [0.25, 0.3) is 0 Å². The van der Waals surface area contributed by atoms with E-state index in [1.165, 1.54) is 0 Å². The molecule has 2 aromatic rings. The van der Waals surface area contributed by atoms with Crippen molar-refractivity contribution in [2.45, 2.75) is 13.0 Å². The SMILES string of the molecule is C[C@H](O)c1ccc(N2CCN(c3ncccn3)CC2)nc1. The highest BCUT2D eigenvalue weighted by atomic mass is 16.3. The summed E-state index contributed by atoms with van der Waals surface area (Å²) in [5.41, 5.74) is 0.843. The number of hydrogen-bond donors (Lipinski definition) is 1. The van der Waals surface area contributed by atoms with Crippen LogP contribution in [0.3, 0.4) is 0 Å². The van der Waals surface area contributed by atoms with Crippen molar-refractivity contribution in [2.75, 3.05) is 36.0 Å². The number of aromatic nitrogens is 3. The van der Waals surface area contributed by atoms with Gasteiger partial charge in [0.1, 0.15) is 5.82 Å². The van der Waals surface area contributed by atoms with Gasteiger partial charge in [0.05, 0.1) is 6.10 Å². The molecule has 0 radical (unpaired) electrons. The molecule has 0 aromatic carbocycles. The van der Waals surface area contributed by atoms with Gasteiger partial charge in [0, 0.05) is 44.8 Å². The van der Waals surface area contributed by atoms with E-state index >= 15 is 0 Å². The van der Waals surface area contributed by atoms with E-state index in [0.29, 0.717) is 0 Å². The van der Waals surface area contributed by atoms with Gasteiger partial charge in [-0.15, -0.1) is 0 Å². The van der Waals surface area contributed by atoms with E-state index in [2.05, 4.69) is 24.8 Å². The van der Waals surface area contributed by atoms with Gasteiger partial charge in [0.2, 0.25) is 5.95 Å². The molecule has 1 atom stereocenters. The average Bonchev–Trinajstić information content (AvgIpc) is 2.56. The van der Waals surface area contributed by atoms with Gasteiger partial charge in [-0.05, 0) is 24.6 Å². The van der Waals surface area contributed by atoms with Gasteiger partial charge < -0.3 is 14.9 Å². The maximum Gasteiger partial charge on any atom is 0.225 e. The van der Waals surface area contributed by atoms with Gasteiger partial charge >= 0.3 is 0 Å². The molecule has 110 valence electrons. The fourth-order valence-electron chi connectivity index (χ4n) is 2.42. The van der Waals surface area contributed by atoms with Crippen LogP contribution in [0.4, 0.5) is 11.8 Å². The molecule has 0 bridgehead atoms. The summed E-state index contributed by atoms with van der Waals surface area (Å²) in [5.74, 6) is 1.74. The lowest BCUT2D eigenvalue weighted by Gasteiger charge is -2.35. The number of aliphatic hydroxyl groups is 1. The third-order valence-corrected chi connectivity index (χ3v) is 3.69. The van der Waals surface area contributed by atoms with Gasteiger partial charge in [-0.25, -0.2) is 15.0 Å². The van der Waals surface area contributed by atoms with E-state index in [-0.39, 0.29) is 0 Å². The molecule has 3 rings (SSSR count). The molecule has 1 aliphatic rings. The zero-order valence-corrected chi connectivity index (χ0v) is 12.1. The predicted octanol–water partition coefficient (Wildman–Crippen LogP) is 1.25. The Hall–Kier alpha value is -2.21. The standard InChI is InChI=1S/C15H19N5O/c1-12(21)13-3-4-14(18-11-13)19-7-9-20(10-8-19)15-16-5-2-6-17-15/h2-6,11-12,21H,7-10H2,1H3/t12-/m0/s1. The van der Waals surface area contributed by atoms with Gasteiger partial charge in [-0.1, -0.05) is 6.07 Å². The van der Waals surface area contributed by atoms with Crippen molar-refractivity contribution in [3.8, 4) is 0 Å². The number of piperazine rings is 1. The lowest BCUT2D eigenvalue weighted by Crippen LogP contribution is -2.47. The monoisotopic (exact) mass is 285 g/mol. The molecule has 3 heterocycles. The van der Waals surface area contributed by atoms with Crippen molar-refractivity contribution in [2.24, 2.45) is 0 Å². The molecule has 1 saturated heterocycles. The largest absolute Gasteiger partial charge is 0.389 e. The Balaban J connectivity index is 1.63. The van der Waals surface area contributed by atoms with Gasteiger partial charge in [-0.3, -0.25) is 0 Å². The highest BCUT2D eigenvalue weighted by molar-refractivity contribution is 5.43. The summed E-state index contributed by atoms with van der Waals surface area (Å²) >= 11 is 0. The van der Waals surface area contributed by atoms with Crippen LogP contribution >= 0.6 is 0 Å². The van der Waals surface area contributed by atoms with Crippen molar-refractivity contribution in [3.63, 3.8) is 0 Å². The Bertz CT molecular complexity index is 564. The Morgan fingerprint density at radius 1 is 1.00 bits per heavy atom. The second-order valence-corrected chi connectivity index (χ2v) is 5.15. The van der Waals surface area contributed by atoms with Crippen LogP contribution < -0.4 is 9.80 Å². The summed E-state index contributed by atoms with van der Waals surface area (Å²) in [4.78, 5) is 17.4. The van der Waals surface area contributed by atoms with Crippen LogP contribution in [0, 0.1) is 0 Å². The third-order valence-electron chi connectivity index (χ3n) is 3.69. The summed E-state index contributed by atoms with van der Waals surface area (Å²) in [5, 5.41) is 9.51. The van der Waals surface area contributed by atoms with Crippen molar-refractivity contribution in [3.05, 3.63) is 42.4 Å². The normalized spacial score (nSPS) is 16.9. The Kier molecular flexibility index (Phi) is 3.96. The lowest BCUT2D eigenvalue weighted by molar-refractivity contribution is 0.199. The first kappa shape index (κ1) is 13.8. The van der Waals surface area contributed by atoms with E-state index in [4.69, 9.17) is 0 Å². The zero-order chi connectivity index (χ0) is 14.7. The topological polar surface area (TPSA) is 65.4 Å². The molecule has 0 unspecified atom stereocenters. The van der Waals surface area contributed by atoms with Crippen molar-refractivity contribution >= 4 is 11.8 Å². The van der Waals surface area contributed by atoms with E-state index in [1.807, 2.05) is 18.2 Å². The second-order valence-electron chi connectivity index (χ2n) is 5.15. The zero-order valence-electron chi connectivity index (χ0n) is 12.1. The molecule has 0 aliphatic carbocycles. The first-order valence-corrected chi connectivity index (χ1v) is 7.15. The molecule has 1 aliphatic heterocycles. The fourth-order valence-corrected chi connectivity index (χ4v) is 2.42. The maximum absolute atomic E-state index is 9.51. The lowest BCUT2D eigenvalue weighted by atomic mass is 10.2. The van der Waals surface area contributed by atoms with Crippen molar-refractivity contribution in [1.29, 1.82) is 0 Å². The first-order valence-electron chi connectivity index (χ1n) is 7.15. The van der Waals surface area contributed by atoms with Crippen LogP contribution in [0.5, 0.6) is 0 Å².